The van der Waals surface area contributed by atoms with Gasteiger partial charge in [0.25, 0.3) is 5.91 Å². The lowest BCUT2D eigenvalue weighted by atomic mass is 10.3. The van der Waals surface area contributed by atoms with Crippen LogP contribution in [0.4, 0.5) is 18.9 Å². The van der Waals surface area contributed by atoms with E-state index in [0.717, 1.165) is 21.3 Å². The van der Waals surface area contributed by atoms with Crippen LogP contribution in [0.15, 0.2) is 36.4 Å². The lowest BCUT2D eigenvalue weighted by Gasteiger charge is -2.08. The second kappa shape index (κ2) is 8.17. The van der Waals surface area contributed by atoms with E-state index in [4.69, 9.17) is 4.74 Å². The Bertz CT molecular complexity index is 974. The molecule has 0 saturated heterocycles. The molecule has 1 heterocycles. The summed E-state index contributed by atoms with van der Waals surface area (Å²) < 4.78 is 45.2. The van der Waals surface area contributed by atoms with Gasteiger partial charge in [-0.05, 0) is 24.3 Å². The molecule has 0 radical (unpaired) electrons. The Hall–Kier alpha value is -2.94. The van der Waals surface area contributed by atoms with Crippen molar-refractivity contribution in [3.8, 4) is 0 Å². The van der Waals surface area contributed by atoms with Crippen LogP contribution in [0.1, 0.15) is 11.4 Å². The summed E-state index contributed by atoms with van der Waals surface area (Å²) in [6, 6.07) is 9.12. The number of rotatable bonds is 6. The zero-order valence-corrected chi connectivity index (χ0v) is 14.6. The molecule has 1 aromatic heterocycles. The molecule has 1 N–H and O–H groups in total. The number of fused-ring (bicyclic) bond motifs is 1. The van der Waals surface area contributed by atoms with E-state index in [1.807, 2.05) is 29.6 Å². The maximum Gasteiger partial charge on any atom is 0.306 e. The van der Waals surface area contributed by atoms with Crippen LogP contribution in [-0.2, 0) is 20.7 Å². The summed E-state index contributed by atoms with van der Waals surface area (Å²) in [5.74, 6) is -6.08. The zero-order chi connectivity index (χ0) is 19.4. The largest absolute Gasteiger partial charge is 0.456 e. The van der Waals surface area contributed by atoms with Crippen LogP contribution < -0.4 is 5.32 Å². The zero-order valence-electron chi connectivity index (χ0n) is 13.8. The predicted molar refractivity (Wildman–Crippen MR) is 93.8 cm³/mol. The number of ether oxygens (including phenoxy) is 1. The fraction of sp³-hybridized carbons (Fsp3) is 0.167. The number of carbonyl (C=O) groups excluding carboxylic acids is 2. The highest BCUT2D eigenvalue weighted by Gasteiger charge is 2.16. The van der Waals surface area contributed by atoms with Crippen molar-refractivity contribution < 1.29 is 27.5 Å². The van der Waals surface area contributed by atoms with Crippen molar-refractivity contribution in [3.63, 3.8) is 0 Å². The van der Waals surface area contributed by atoms with Gasteiger partial charge in [0.2, 0.25) is 0 Å². The number of amides is 1. The van der Waals surface area contributed by atoms with Crippen molar-refractivity contribution in [2.45, 2.75) is 12.8 Å². The molecular weight excluding hydrogens is 381 g/mol. The number of benzene rings is 2. The molecule has 0 saturated carbocycles. The number of hydrogen-bond donors (Lipinski definition) is 1. The summed E-state index contributed by atoms with van der Waals surface area (Å²) in [7, 11) is 0. The minimum absolute atomic E-state index is 0.0205. The topological polar surface area (TPSA) is 68.3 Å². The first-order valence-electron chi connectivity index (χ1n) is 7.87. The number of thiazole rings is 1. The van der Waals surface area contributed by atoms with Crippen LogP contribution in [0, 0.1) is 17.5 Å². The van der Waals surface area contributed by atoms with Crippen molar-refractivity contribution in [3.05, 3.63) is 58.9 Å². The Morgan fingerprint density at radius 2 is 1.85 bits per heavy atom. The van der Waals surface area contributed by atoms with Crippen LogP contribution in [-0.4, -0.2) is 23.5 Å². The van der Waals surface area contributed by atoms with Gasteiger partial charge in [-0.15, -0.1) is 11.3 Å². The third-order valence-electron chi connectivity index (χ3n) is 3.55. The summed E-state index contributed by atoms with van der Waals surface area (Å²) >= 11 is 1.46. The predicted octanol–water partition coefficient (Wildman–Crippen LogP) is 3.83. The molecule has 3 aromatic rings. The number of esters is 1. The molecule has 140 valence electrons. The Morgan fingerprint density at radius 3 is 2.63 bits per heavy atom. The average molecular weight is 394 g/mol. The molecular formula is C18H13F3N2O3S. The molecule has 5 nitrogen and oxygen atoms in total. The van der Waals surface area contributed by atoms with Crippen LogP contribution in [0.2, 0.25) is 0 Å². The molecule has 0 atom stereocenters. The molecule has 0 unspecified atom stereocenters. The molecule has 3 rings (SSSR count). The highest BCUT2D eigenvalue weighted by atomic mass is 32.1. The van der Waals surface area contributed by atoms with Gasteiger partial charge >= 0.3 is 5.97 Å². The van der Waals surface area contributed by atoms with Crippen molar-refractivity contribution in [1.82, 2.24) is 4.98 Å². The van der Waals surface area contributed by atoms with Crippen molar-refractivity contribution in [1.29, 1.82) is 0 Å². The van der Waals surface area contributed by atoms with Gasteiger partial charge in [0.15, 0.2) is 24.1 Å². The third kappa shape index (κ3) is 4.62. The Morgan fingerprint density at radius 1 is 1.07 bits per heavy atom. The van der Waals surface area contributed by atoms with Crippen LogP contribution in [0.3, 0.4) is 0 Å². The number of anilines is 1. The van der Waals surface area contributed by atoms with E-state index in [1.165, 1.54) is 11.3 Å². The molecule has 2 aromatic carbocycles. The Labute approximate surface area is 155 Å². The SMILES string of the molecule is O=C(COC(=O)CCc1nc2ccccc2s1)Nc1ccc(F)c(F)c1F. The number of carbonyl (C=O) groups is 2. The lowest BCUT2D eigenvalue weighted by Crippen LogP contribution is -2.22. The summed E-state index contributed by atoms with van der Waals surface area (Å²) in [6.45, 7) is -0.670. The monoisotopic (exact) mass is 394 g/mol. The summed E-state index contributed by atoms with van der Waals surface area (Å²) in [5, 5.41) is 2.78. The molecule has 0 spiro atoms. The number of aryl methyl sites for hydroxylation is 1. The average Bonchev–Trinajstić information content (AvgIpc) is 3.08. The molecule has 9 heteroatoms. The van der Waals surface area contributed by atoms with E-state index >= 15 is 0 Å². The molecule has 1 amide bonds. The van der Waals surface area contributed by atoms with Crippen LogP contribution in [0.25, 0.3) is 10.2 Å². The van der Waals surface area contributed by atoms with Gasteiger partial charge in [-0.1, -0.05) is 12.1 Å². The van der Waals surface area contributed by atoms with Crippen molar-refractivity contribution in [2.24, 2.45) is 0 Å². The van der Waals surface area contributed by atoms with Gasteiger partial charge in [0.1, 0.15) is 0 Å². The van der Waals surface area contributed by atoms with E-state index in [9.17, 15) is 22.8 Å². The standard InChI is InChI=1S/C18H13F3N2O3S/c19-10-5-6-12(18(21)17(10)20)22-14(24)9-26-16(25)8-7-15-23-11-3-1-2-4-13(11)27-15/h1-6H,7-9H2,(H,22,24). The van der Waals surface area contributed by atoms with Crippen LogP contribution in [0.5, 0.6) is 0 Å². The van der Waals surface area contributed by atoms with E-state index in [1.54, 1.807) is 0 Å². The van der Waals surface area contributed by atoms with Crippen molar-refractivity contribution >= 4 is 39.1 Å². The number of para-hydroxylation sites is 1. The maximum atomic E-state index is 13.5. The van der Waals surface area contributed by atoms with Gasteiger partial charge in [0.05, 0.1) is 27.3 Å². The van der Waals surface area contributed by atoms with Crippen LogP contribution >= 0.6 is 11.3 Å². The van der Waals surface area contributed by atoms with Gasteiger partial charge in [0, 0.05) is 6.42 Å². The van der Waals surface area contributed by atoms with E-state index in [2.05, 4.69) is 4.98 Å². The maximum absolute atomic E-state index is 13.5. The number of nitrogens with zero attached hydrogens (tertiary/aromatic N) is 1. The first-order valence-corrected chi connectivity index (χ1v) is 8.69. The highest BCUT2D eigenvalue weighted by Crippen LogP contribution is 2.22. The number of aromatic nitrogens is 1. The van der Waals surface area contributed by atoms with Gasteiger partial charge in [-0.25, -0.2) is 18.2 Å². The molecule has 0 fully saturated rings. The van der Waals surface area contributed by atoms with Crippen molar-refractivity contribution in [2.75, 3.05) is 11.9 Å². The van der Waals surface area contributed by atoms with E-state index in [0.29, 0.717) is 12.5 Å². The number of hydrogen-bond acceptors (Lipinski definition) is 5. The fourth-order valence-electron chi connectivity index (χ4n) is 2.26. The highest BCUT2D eigenvalue weighted by molar-refractivity contribution is 7.18. The lowest BCUT2D eigenvalue weighted by molar-refractivity contribution is -0.147. The first-order chi connectivity index (χ1) is 12.9. The minimum Gasteiger partial charge on any atom is -0.456 e. The van der Waals surface area contributed by atoms with Gasteiger partial charge in [-0.3, -0.25) is 9.59 Å². The smallest absolute Gasteiger partial charge is 0.306 e. The normalized spacial score (nSPS) is 10.8. The Kier molecular flexibility index (Phi) is 5.70. The van der Waals surface area contributed by atoms with E-state index < -0.39 is 41.6 Å². The number of nitrogens with one attached hydrogen (secondary N) is 1. The molecule has 0 aliphatic heterocycles. The summed E-state index contributed by atoms with van der Waals surface area (Å²) in [6.07, 6.45) is 0.379. The second-order valence-corrected chi connectivity index (χ2v) is 6.62. The molecule has 0 aliphatic rings. The third-order valence-corrected chi connectivity index (χ3v) is 4.65. The quantitative estimate of drug-likeness (QED) is 0.510. The summed E-state index contributed by atoms with van der Waals surface area (Å²) in [5.41, 5.74) is 0.309. The fourth-order valence-corrected chi connectivity index (χ4v) is 3.23. The first kappa shape index (κ1) is 18.8. The minimum atomic E-state index is -1.69. The van der Waals surface area contributed by atoms with Gasteiger partial charge < -0.3 is 10.1 Å². The number of halogens is 3. The second-order valence-electron chi connectivity index (χ2n) is 5.51. The molecule has 0 bridgehead atoms. The van der Waals surface area contributed by atoms with Gasteiger partial charge in [-0.2, -0.15) is 0 Å². The Balaban J connectivity index is 1.47. The molecule has 27 heavy (non-hydrogen) atoms. The molecule has 0 aliphatic carbocycles. The van der Waals surface area contributed by atoms with E-state index in [-0.39, 0.29) is 6.42 Å². The summed E-state index contributed by atoms with van der Waals surface area (Å²) in [4.78, 5) is 27.8.